The average molecular weight is 200 g/mol. The van der Waals surface area contributed by atoms with E-state index < -0.39 is 6.36 Å². The second-order valence-corrected chi connectivity index (χ2v) is 2.54. The van der Waals surface area contributed by atoms with E-state index in [1.807, 2.05) is 0 Å². The Morgan fingerprint density at radius 3 is 2.50 bits per heavy atom. The van der Waals surface area contributed by atoms with Crippen molar-refractivity contribution in [2.75, 3.05) is 0 Å². The Hall–Kier alpha value is -1.63. The van der Waals surface area contributed by atoms with Crippen LogP contribution in [0.2, 0.25) is 0 Å². The lowest BCUT2D eigenvalue weighted by Gasteiger charge is -2.11. The predicted octanol–water partition coefficient (Wildman–Crippen LogP) is 2.76. The summed E-state index contributed by atoms with van der Waals surface area (Å²) in [6.07, 6.45) is 0.448. The third-order valence-electron chi connectivity index (χ3n) is 1.49. The molecule has 0 N–H and O–H groups in total. The van der Waals surface area contributed by atoms with Crippen molar-refractivity contribution in [2.24, 2.45) is 0 Å². The van der Waals surface area contributed by atoms with Crippen LogP contribution in [0.3, 0.4) is 0 Å². The number of halogens is 3. The van der Waals surface area contributed by atoms with Crippen molar-refractivity contribution in [2.45, 2.75) is 12.8 Å². The minimum Gasteiger partial charge on any atom is -0.405 e. The third-order valence-corrected chi connectivity index (χ3v) is 1.49. The van der Waals surface area contributed by atoms with Crippen LogP contribution in [0.15, 0.2) is 24.3 Å². The van der Waals surface area contributed by atoms with Crippen molar-refractivity contribution >= 4 is 0 Å². The Balaban J connectivity index is 2.91. The van der Waals surface area contributed by atoms with Gasteiger partial charge in [-0.2, -0.15) is 0 Å². The lowest BCUT2D eigenvalue weighted by atomic mass is 10.1. The minimum atomic E-state index is -4.68. The van der Waals surface area contributed by atoms with Crippen LogP contribution >= 0.6 is 0 Å². The molecular weight excluding hydrogens is 193 g/mol. The van der Waals surface area contributed by atoms with E-state index in [9.17, 15) is 13.2 Å². The van der Waals surface area contributed by atoms with Crippen molar-refractivity contribution in [3.63, 3.8) is 0 Å². The fourth-order valence-electron chi connectivity index (χ4n) is 0.984. The highest BCUT2D eigenvalue weighted by molar-refractivity contribution is 5.35. The molecule has 0 aromatic heterocycles. The van der Waals surface area contributed by atoms with Gasteiger partial charge in [0.25, 0.3) is 0 Å². The molecule has 14 heavy (non-hydrogen) atoms. The molecule has 1 nitrogen and oxygen atoms in total. The zero-order valence-corrected chi connectivity index (χ0v) is 7.14. The van der Waals surface area contributed by atoms with Gasteiger partial charge in [-0.1, -0.05) is 18.2 Å². The summed E-state index contributed by atoms with van der Waals surface area (Å²) in [5, 5.41) is 0. The summed E-state index contributed by atoms with van der Waals surface area (Å²) >= 11 is 0. The number of benzene rings is 1. The van der Waals surface area contributed by atoms with Crippen molar-refractivity contribution in [1.29, 1.82) is 0 Å². The van der Waals surface area contributed by atoms with Gasteiger partial charge in [-0.15, -0.1) is 25.5 Å². The highest BCUT2D eigenvalue weighted by Gasteiger charge is 2.31. The van der Waals surface area contributed by atoms with Crippen LogP contribution in [0, 0.1) is 12.3 Å². The fourth-order valence-corrected chi connectivity index (χ4v) is 0.984. The standard InChI is InChI=1S/C10H7F3O/c1-2-5-8-6-3-4-7-9(8)14-10(11,12)13/h1,3-4,6-7H,5H2. The van der Waals surface area contributed by atoms with E-state index in [2.05, 4.69) is 10.7 Å². The van der Waals surface area contributed by atoms with Gasteiger partial charge in [-0.05, 0) is 6.07 Å². The summed E-state index contributed by atoms with van der Waals surface area (Å²) in [5.41, 5.74) is 0.354. The Kier molecular flexibility index (Phi) is 3.03. The topological polar surface area (TPSA) is 9.23 Å². The molecule has 74 valence electrons. The number of ether oxygens (including phenoxy) is 1. The Labute approximate surface area is 79.5 Å². The first-order chi connectivity index (χ1) is 6.53. The van der Waals surface area contributed by atoms with Crippen molar-refractivity contribution in [1.82, 2.24) is 0 Å². The largest absolute Gasteiger partial charge is 0.573 e. The molecule has 1 aromatic carbocycles. The summed E-state index contributed by atoms with van der Waals surface area (Å²) in [5.74, 6) is 2.02. The summed E-state index contributed by atoms with van der Waals surface area (Å²) in [6, 6.07) is 5.80. The van der Waals surface area contributed by atoms with Gasteiger partial charge < -0.3 is 4.74 Å². The van der Waals surface area contributed by atoms with Crippen LogP contribution in [0.5, 0.6) is 5.75 Å². The summed E-state index contributed by atoms with van der Waals surface area (Å²) in [4.78, 5) is 0. The molecule has 0 saturated carbocycles. The summed E-state index contributed by atoms with van der Waals surface area (Å²) < 4.78 is 39.5. The Morgan fingerprint density at radius 1 is 1.29 bits per heavy atom. The third kappa shape index (κ3) is 3.02. The van der Waals surface area contributed by atoms with Crippen LogP contribution in [0.1, 0.15) is 5.56 Å². The number of alkyl halides is 3. The highest BCUT2D eigenvalue weighted by Crippen LogP contribution is 2.26. The molecule has 0 bridgehead atoms. The average Bonchev–Trinajstić information content (AvgIpc) is 2.06. The molecule has 0 unspecified atom stereocenters. The van der Waals surface area contributed by atoms with Gasteiger partial charge in [0.15, 0.2) is 0 Å². The van der Waals surface area contributed by atoms with Gasteiger partial charge in [-0.3, -0.25) is 0 Å². The summed E-state index contributed by atoms with van der Waals surface area (Å²) in [6.45, 7) is 0. The molecule has 0 amide bonds. The first kappa shape index (κ1) is 10.5. The number of rotatable bonds is 2. The van der Waals surface area contributed by atoms with Gasteiger partial charge >= 0.3 is 6.36 Å². The number of para-hydroxylation sites is 1. The quantitative estimate of drug-likeness (QED) is 0.667. The van der Waals surface area contributed by atoms with Gasteiger partial charge in [-0.25, -0.2) is 0 Å². The van der Waals surface area contributed by atoms with Crippen molar-refractivity contribution < 1.29 is 17.9 Å². The van der Waals surface area contributed by atoms with Gasteiger partial charge in [0.1, 0.15) is 5.75 Å². The van der Waals surface area contributed by atoms with E-state index >= 15 is 0 Å². The molecule has 0 aliphatic carbocycles. The molecule has 0 saturated heterocycles. The van der Waals surface area contributed by atoms with Crippen LogP contribution in [0.25, 0.3) is 0 Å². The zero-order chi connectivity index (χ0) is 10.6. The maximum Gasteiger partial charge on any atom is 0.573 e. The number of hydrogen-bond acceptors (Lipinski definition) is 1. The van der Waals surface area contributed by atoms with Crippen LogP contribution in [0.4, 0.5) is 13.2 Å². The van der Waals surface area contributed by atoms with E-state index in [-0.39, 0.29) is 12.2 Å². The van der Waals surface area contributed by atoms with Crippen molar-refractivity contribution in [3.8, 4) is 18.1 Å². The van der Waals surface area contributed by atoms with Gasteiger partial charge in [0.05, 0.1) is 0 Å². The van der Waals surface area contributed by atoms with Crippen LogP contribution in [-0.4, -0.2) is 6.36 Å². The van der Waals surface area contributed by atoms with E-state index in [0.717, 1.165) is 0 Å². The minimum absolute atomic E-state index is 0.117. The molecule has 0 heterocycles. The van der Waals surface area contributed by atoms with Crippen molar-refractivity contribution in [3.05, 3.63) is 29.8 Å². The fraction of sp³-hybridized carbons (Fsp3) is 0.200. The van der Waals surface area contributed by atoms with E-state index in [1.165, 1.54) is 18.2 Å². The molecule has 0 fully saturated rings. The second kappa shape index (κ2) is 4.05. The molecule has 0 spiro atoms. The second-order valence-electron chi connectivity index (χ2n) is 2.54. The maximum absolute atomic E-state index is 11.9. The first-order valence-electron chi connectivity index (χ1n) is 3.80. The highest BCUT2D eigenvalue weighted by atomic mass is 19.4. The predicted molar refractivity (Wildman–Crippen MR) is 45.7 cm³/mol. The van der Waals surface area contributed by atoms with E-state index in [1.54, 1.807) is 6.07 Å². The SMILES string of the molecule is C#CCc1ccccc1OC(F)(F)F. The lowest BCUT2D eigenvalue weighted by Crippen LogP contribution is -2.18. The van der Waals surface area contributed by atoms with Crippen LogP contribution < -0.4 is 4.74 Å². The molecule has 1 aromatic rings. The molecule has 0 aliphatic heterocycles. The molecular formula is C10H7F3O. The molecule has 0 radical (unpaired) electrons. The Bertz CT molecular complexity index is 349. The lowest BCUT2D eigenvalue weighted by molar-refractivity contribution is -0.274. The smallest absolute Gasteiger partial charge is 0.405 e. The van der Waals surface area contributed by atoms with Gasteiger partial charge in [0.2, 0.25) is 0 Å². The normalized spacial score (nSPS) is 10.7. The molecule has 1 rings (SSSR count). The van der Waals surface area contributed by atoms with Gasteiger partial charge in [0, 0.05) is 12.0 Å². The Morgan fingerprint density at radius 2 is 1.93 bits per heavy atom. The molecule has 0 aliphatic rings. The molecule has 0 atom stereocenters. The van der Waals surface area contributed by atoms with Crippen LogP contribution in [-0.2, 0) is 6.42 Å². The monoisotopic (exact) mass is 200 g/mol. The first-order valence-corrected chi connectivity index (χ1v) is 3.80. The number of hydrogen-bond donors (Lipinski definition) is 0. The van der Waals surface area contributed by atoms with E-state index in [0.29, 0.717) is 5.56 Å². The molecule has 4 heteroatoms. The zero-order valence-electron chi connectivity index (χ0n) is 7.14. The summed E-state index contributed by atoms with van der Waals surface area (Å²) in [7, 11) is 0. The maximum atomic E-state index is 11.9. The van der Waals surface area contributed by atoms with E-state index in [4.69, 9.17) is 6.42 Å². The number of terminal acetylenes is 1.